The molecule has 0 atom stereocenters. The molecular formula is C16H17Cl5Si2. The minimum absolute atomic E-state index is 0.219. The average molecular weight is 443 g/mol. The molecule has 0 unspecified atom stereocenters. The van der Waals surface area contributed by atoms with Crippen LogP contribution in [0.4, 0.5) is 0 Å². The Morgan fingerprint density at radius 1 is 0.565 bits per heavy atom. The maximum atomic E-state index is 6.55. The normalized spacial score (nSPS) is 12.6. The van der Waals surface area contributed by atoms with Gasteiger partial charge in [-0.15, -0.1) is 0 Å². The highest BCUT2D eigenvalue weighted by molar-refractivity contribution is 7.50. The second-order valence-corrected chi connectivity index (χ2v) is 23.5. The van der Waals surface area contributed by atoms with E-state index in [1.807, 2.05) is 6.07 Å². The van der Waals surface area contributed by atoms with Crippen molar-refractivity contribution in [3.63, 3.8) is 0 Å². The molecule has 0 aromatic heterocycles. The Hall–Kier alpha value is 0.324. The van der Waals surface area contributed by atoms with Crippen LogP contribution in [0.3, 0.4) is 0 Å². The molecule has 23 heavy (non-hydrogen) atoms. The van der Waals surface area contributed by atoms with Gasteiger partial charge < -0.3 is 0 Å². The van der Waals surface area contributed by atoms with Crippen LogP contribution in [0.5, 0.6) is 0 Å². The molecular weight excluding hydrogens is 426 g/mol. The molecule has 0 fully saturated rings. The minimum atomic E-state index is -2.08. The third-order valence-electron chi connectivity index (χ3n) is 4.89. The van der Waals surface area contributed by atoms with Crippen molar-refractivity contribution in [3.8, 4) is 0 Å². The second-order valence-electron chi connectivity index (χ2n) is 6.56. The summed E-state index contributed by atoms with van der Waals surface area (Å²) in [6.07, 6.45) is 0. The average Bonchev–Trinajstić information content (AvgIpc) is 2.51. The summed E-state index contributed by atoms with van der Waals surface area (Å²) < 4.78 is 0. The predicted octanol–water partition coefficient (Wildman–Crippen LogP) is 6.56. The molecule has 2 aromatic carbocycles. The molecule has 7 heteroatoms. The summed E-state index contributed by atoms with van der Waals surface area (Å²) in [5, 5.41) is 3.95. The number of hydrogen-bond acceptors (Lipinski definition) is 0. The summed E-state index contributed by atoms with van der Waals surface area (Å²) in [4.78, 5) is 0. The van der Waals surface area contributed by atoms with E-state index in [1.54, 1.807) is 0 Å². The molecule has 0 saturated heterocycles. The molecule has 0 bridgehead atoms. The van der Waals surface area contributed by atoms with E-state index in [9.17, 15) is 0 Å². The van der Waals surface area contributed by atoms with E-state index in [-0.39, 0.29) is 15.1 Å². The molecule has 2 rings (SSSR count). The summed E-state index contributed by atoms with van der Waals surface area (Å²) in [6.45, 7) is 9.25. The number of rotatable bonds is 3. The van der Waals surface area contributed by atoms with Crippen LogP contribution in [0.25, 0.3) is 0 Å². The third-order valence-corrected chi connectivity index (χ3v) is 25.1. The van der Waals surface area contributed by atoms with Crippen LogP contribution in [0.15, 0.2) is 30.3 Å². The minimum Gasteiger partial charge on any atom is -0.0827 e. The molecule has 0 nitrogen and oxygen atoms in total. The molecule has 0 spiro atoms. The summed E-state index contributed by atoms with van der Waals surface area (Å²) in [6, 6.07) is 10.5. The summed E-state index contributed by atoms with van der Waals surface area (Å²) in [7, 11) is -3.94. The van der Waals surface area contributed by atoms with Gasteiger partial charge in [-0.3, -0.25) is 0 Å². The van der Waals surface area contributed by atoms with Gasteiger partial charge in [0, 0.05) is 0 Å². The van der Waals surface area contributed by atoms with Crippen molar-refractivity contribution in [2.24, 2.45) is 0 Å². The second kappa shape index (κ2) is 6.91. The first-order valence-corrected chi connectivity index (χ1v) is 16.0. The Labute approximate surface area is 164 Å². The number of halogens is 5. The van der Waals surface area contributed by atoms with Crippen LogP contribution >= 0.6 is 58.0 Å². The molecule has 0 aliphatic heterocycles. The molecule has 2 aromatic rings. The van der Waals surface area contributed by atoms with Gasteiger partial charge in [0.25, 0.3) is 0 Å². The van der Waals surface area contributed by atoms with Crippen molar-refractivity contribution in [1.29, 1.82) is 0 Å². The lowest BCUT2D eigenvalue weighted by Crippen LogP contribution is -2.69. The Bertz CT molecular complexity index is 713. The van der Waals surface area contributed by atoms with Crippen LogP contribution in [0.1, 0.15) is 0 Å². The van der Waals surface area contributed by atoms with Crippen LogP contribution in [0.2, 0.25) is 51.3 Å². The van der Waals surface area contributed by atoms with E-state index < -0.39 is 15.2 Å². The molecule has 0 radical (unpaired) electrons. The fourth-order valence-electron chi connectivity index (χ4n) is 2.68. The van der Waals surface area contributed by atoms with Crippen molar-refractivity contribution in [3.05, 3.63) is 55.4 Å². The maximum absolute atomic E-state index is 6.55. The Morgan fingerprint density at radius 2 is 0.957 bits per heavy atom. The topological polar surface area (TPSA) is 0 Å². The summed E-state index contributed by atoms with van der Waals surface area (Å²) >= 11 is 31.8. The van der Waals surface area contributed by atoms with Gasteiger partial charge in [0.1, 0.15) is 0 Å². The van der Waals surface area contributed by atoms with Crippen LogP contribution in [-0.4, -0.2) is 15.2 Å². The highest BCUT2D eigenvalue weighted by Gasteiger charge is 2.46. The fourth-order valence-corrected chi connectivity index (χ4v) is 14.9. The van der Waals surface area contributed by atoms with Gasteiger partial charge in [-0.2, -0.15) is 0 Å². The molecule has 0 aliphatic carbocycles. The van der Waals surface area contributed by atoms with Crippen molar-refractivity contribution in [2.75, 3.05) is 0 Å². The van der Waals surface area contributed by atoms with E-state index in [1.165, 1.54) is 5.19 Å². The lowest BCUT2D eigenvalue weighted by molar-refractivity contribution is 1.67. The highest BCUT2D eigenvalue weighted by atomic mass is 35.5. The van der Waals surface area contributed by atoms with Crippen molar-refractivity contribution < 1.29 is 0 Å². The molecule has 124 valence electrons. The van der Waals surface area contributed by atoms with E-state index in [0.717, 1.165) is 5.19 Å². The molecule has 0 aliphatic rings. The predicted molar refractivity (Wildman–Crippen MR) is 112 cm³/mol. The van der Waals surface area contributed by atoms with E-state index in [4.69, 9.17) is 58.0 Å². The van der Waals surface area contributed by atoms with E-state index in [0.29, 0.717) is 10.0 Å². The quantitative estimate of drug-likeness (QED) is 0.287. The van der Waals surface area contributed by atoms with Gasteiger partial charge in [-0.1, -0.05) is 120 Å². The Kier molecular flexibility index (Phi) is 5.90. The first-order chi connectivity index (χ1) is 10.5. The monoisotopic (exact) mass is 440 g/mol. The van der Waals surface area contributed by atoms with Gasteiger partial charge in [-0.25, -0.2) is 0 Å². The highest BCUT2D eigenvalue weighted by Crippen LogP contribution is 2.41. The molecule has 0 amide bonds. The maximum Gasteiger partial charge on any atom is 0.0831 e. The number of benzene rings is 2. The van der Waals surface area contributed by atoms with Gasteiger partial charge in [-0.05, 0) is 5.19 Å². The molecule has 0 heterocycles. The lowest BCUT2D eigenvalue weighted by Gasteiger charge is -2.40. The summed E-state index contributed by atoms with van der Waals surface area (Å²) in [5.74, 6) is 0. The van der Waals surface area contributed by atoms with Crippen LogP contribution in [0, 0.1) is 0 Å². The van der Waals surface area contributed by atoms with Crippen molar-refractivity contribution in [1.82, 2.24) is 0 Å². The lowest BCUT2D eigenvalue weighted by atomic mass is 10.3. The largest absolute Gasteiger partial charge is 0.0831 e. The van der Waals surface area contributed by atoms with Gasteiger partial charge in [0.05, 0.1) is 40.3 Å². The smallest absolute Gasteiger partial charge is 0.0827 e. The van der Waals surface area contributed by atoms with Crippen LogP contribution in [-0.2, 0) is 0 Å². The van der Waals surface area contributed by atoms with Crippen molar-refractivity contribution in [2.45, 2.75) is 26.2 Å². The zero-order valence-electron chi connectivity index (χ0n) is 13.3. The van der Waals surface area contributed by atoms with E-state index in [2.05, 4.69) is 50.5 Å². The van der Waals surface area contributed by atoms with Crippen molar-refractivity contribution >= 4 is 83.6 Å². The SMILES string of the molecule is C[Si](C)(c1ccccc1)[Si](C)(C)c1c(Cl)c(Cl)c(Cl)c(Cl)c1Cl. The Balaban J connectivity index is 2.75. The van der Waals surface area contributed by atoms with E-state index >= 15 is 0 Å². The van der Waals surface area contributed by atoms with Gasteiger partial charge >= 0.3 is 0 Å². The zero-order valence-corrected chi connectivity index (χ0v) is 19.1. The summed E-state index contributed by atoms with van der Waals surface area (Å²) in [5.41, 5.74) is 0. The standard InChI is InChI=1S/C16H17Cl5Si2/c1-22(2,10-8-6-5-7-9-10)23(3,4)16-14(20)12(18)11(17)13(19)15(16)21/h5-9H,1-4H3. The van der Waals surface area contributed by atoms with Gasteiger partial charge in [0.2, 0.25) is 0 Å². The Morgan fingerprint density at radius 3 is 1.39 bits per heavy atom. The molecule has 0 N–H and O–H groups in total. The first-order valence-electron chi connectivity index (χ1n) is 7.11. The third kappa shape index (κ3) is 3.24. The van der Waals surface area contributed by atoms with Crippen LogP contribution < -0.4 is 10.4 Å². The molecule has 0 saturated carbocycles. The fraction of sp³-hybridized carbons (Fsp3) is 0.250. The zero-order chi connectivity index (χ0) is 17.6. The van der Waals surface area contributed by atoms with Gasteiger partial charge in [0.15, 0.2) is 0 Å². The first kappa shape index (κ1) is 19.6. The number of hydrogen-bond donors (Lipinski definition) is 0.